The van der Waals surface area contributed by atoms with Gasteiger partial charge in [-0.1, -0.05) is 11.6 Å². The van der Waals surface area contributed by atoms with Crippen LogP contribution in [0, 0.1) is 0 Å². The third-order valence-corrected chi connectivity index (χ3v) is 3.65. The maximum absolute atomic E-state index is 11.9. The minimum Gasteiger partial charge on any atom is -0.276 e. The van der Waals surface area contributed by atoms with Gasteiger partial charge in [-0.05, 0) is 6.07 Å². The highest BCUT2D eigenvalue weighted by Gasteiger charge is 2.17. The van der Waals surface area contributed by atoms with E-state index in [1.807, 2.05) is 0 Å². The molecular formula is C9H9ClN4O2S. The molecule has 2 rings (SSSR count). The predicted molar refractivity (Wildman–Crippen MR) is 63.3 cm³/mol. The molecule has 8 heteroatoms. The van der Waals surface area contributed by atoms with Crippen LogP contribution < -0.4 is 4.72 Å². The summed E-state index contributed by atoms with van der Waals surface area (Å²) in [6.45, 7) is 0. The molecule has 0 aromatic carbocycles. The summed E-state index contributed by atoms with van der Waals surface area (Å²) in [5.41, 5.74) is 0.234. The summed E-state index contributed by atoms with van der Waals surface area (Å²) in [5.74, 6) is 0. The van der Waals surface area contributed by atoms with Crippen LogP contribution in [0.2, 0.25) is 5.02 Å². The molecule has 2 heterocycles. The van der Waals surface area contributed by atoms with Gasteiger partial charge in [0.15, 0.2) is 0 Å². The van der Waals surface area contributed by atoms with E-state index in [1.165, 1.54) is 35.5 Å². The van der Waals surface area contributed by atoms with Crippen molar-refractivity contribution < 1.29 is 8.42 Å². The molecule has 0 spiro atoms. The van der Waals surface area contributed by atoms with Crippen LogP contribution in [-0.4, -0.2) is 23.2 Å². The zero-order valence-electron chi connectivity index (χ0n) is 8.83. The Labute approximate surface area is 103 Å². The maximum Gasteiger partial charge on any atom is 0.265 e. The average molecular weight is 273 g/mol. The Hall–Kier alpha value is -1.60. The van der Waals surface area contributed by atoms with Crippen LogP contribution in [0.5, 0.6) is 0 Å². The van der Waals surface area contributed by atoms with E-state index in [4.69, 9.17) is 11.6 Å². The standard InChI is InChI=1S/C9H9ClN4O2S/c1-14-6-7(4-12-14)17(15,16)13-9-5-11-3-2-8(9)10/h2-6,13H,1H3. The molecule has 90 valence electrons. The molecule has 6 nitrogen and oxygen atoms in total. The summed E-state index contributed by atoms with van der Waals surface area (Å²) in [6.07, 6.45) is 5.47. The molecule has 0 aliphatic carbocycles. The maximum atomic E-state index is 11.9. The molecule has 0 aliphatic rings. The minimum atomic E-state index is -3.67. The second-order valence-electron chi connectivity index (χ2n) is 3.31. The van der Waals surface area contributed by atoms with Crippen molar-refractivity contribution in [1.29, 1.82) is 0 Å². The van der Waals surface area contributed by atoms with E-state index in [-0.39, 0.29) is 15.6 Å². The molecule has 0 radical (unpaired) electrons. The smallest absolute Gasteiger partial charge is 0.265 e. The highest BCUT2D eigenvalue weighted by molar-refractivity contribution is 7.92. The number of halogens is 1. The van der Waals surface area contributed by atoms with Gasteiger partial charge in [0.25, 0.3) is 10.0 Å². The SMILES string of the molecule is Cn1cc(S(=O)(=O)Nc2cnccc2Cl)cn1. The molecule has 0 saturated heterocycles. The Kier molecular flexibility index (Phi) is 3.03. The van der Waals surface area contributed by atoms with Crippen LogP contribution in [-0.2, 0) is 17.1 Å². The largest absolute Gasteiger partial charge is 0.276 e. The van der Waals surface area contributed by atoms with E-state index in [9.17, 15) is 8.42 Å². The second kappa shape index (κ2) is 4.34. The van der Waals surface area contributed by atoms with E-state index >= 15 is 0 Å². The third kappa shape index (κ3) is 2.56. The first-order valence-corrected chi connectivity index (χ1v) is 6.46. The zero-order chi connectivity index (χ0) is 12.5. The number of hydrogen-bond acceptors (Lipinski definition) is 4. The first kappa shape index (κ1) is 11.9. The number of pyridine rings is 1. The van der Waals surface area contributed by atoms with Gasteiger partial charge in [0.1, 0.15) is 4.90 Å². The van der Waals surface area contributed by atoms with E-state index in [0.29, 0.717) is 0 Å². The van der Waals surface area contributed by atoms with Crippen LogP contribution in [0.1, 0.15) is 0 Å². The average Bonchev–Trinajstić information content (AvgIpc) is 2.69. The molecule has 0 bridgehead atoms. The Balaban J connectivity index is 2.33. The van der Waals surface area contributed by atoms with Gasteiger partial charge < -0.3 is 0 Å². The van der Waals surface area contributed by atoms with Crippen molar-refractivity contribution in [3.05, 3.63) is 35.9 Å². The van der Waals surface area contributed by atoms with Crippen molar-refractivity contribution >= 4 is 27.3 Å². The lowest BCUT2D eigenvalue weighted by atomic mass is 10.4. The van der Waals surface area contributed by atoms with Crippen LogP contribution in [0.3, 0.4) is 0 Å². The number of anilines is 1. The zero-order valence-corrected chi connectivity index (χ0v) is 10.4. The fourth-order valence-electron chi connectivity index (χ4n) is 1.19. The van der Waals surface area contributed by atoms with E-state index in [1.54, 1.807) is 7.05 Å². The summed E-state index contributed by atoms with van der Waals surface area (Å²) in [6, 6.07) is 1.50. The van der Waals surface area contributed by atoms with Crippen LogP contribution in [0.25, 0.3) is 0 Å². The lowest BCUT2D eigenvalue weighted by molar-refractivity contribution is 0.601. The fraction of sp³-hybridized carbons (Fsp3) is 0.111. The molecule has 0 saturated carbocycles. The van der Waals surface area contributed by atoms with Crippen molar-refractivity contribution in [2.45, 2.75) is 4.90 Å². The highest BCUT2D eigenvalue weighted by Crippen LogP contribution is 2.22. The van der Waals surface area contributed by atoms with Crippen LogP contribution in [0.4, 0.5) is 5.69 Å². The van der Waals surface area contributed by atoms with Crippen LogP contribution >= 0.6 is 11.6 Å². The normalized spacial score (nSPS) is 11.4. The quantitative estimate of drug-likeness (QED) is 0.913. The van der Waals surface area contributed by atoms with E-state index in [2.05, 4.69) is 14.8 Å². The van der Waals surface area contributed by atoms with Gasteiger partial charge >= 0.3 is 0 Å². The second-order valence-corrected chi connectivity index (χ2v) is 5.40. The number of sulfonamides is 1. The monoisotopic (exact) mass is 272 g/mol. The van der Waals surface area contributed by atoms with Crippen molar-refractivity contribution in [1.82, 2.24) is 14.8 Å². The Morgan fingerprint density at radius 2 is 2.18 bits per heavy atom. The molecular weight excluding hydrogens is 264 g/mol. The molecule has 1 N–H and O–H groups in total. The molecule has 2 aromatic rings. The first-order chi connectivity index (χ1) is 7.99. The molecule has 2 aromatic heterocycles. The lowest BCUT2D eigenvalue weighted by Gasteiger charge is -2.06. The molecule has 0 unspecified atom stereocenters. The first-order valence-electron chi connectivity index (χ1n) is 4.60. The van der Waals surface area contributed by atoms with Gasteiger partial charge in [0.2, 0.25) is 0 Å². The number of hydrogen-bond donors (Lipinski definition) is 1. The van der Waals surface area contributed by atoms with Gasteiger partial charge in [-0.2, -0.15) is 5.10 Å². The Morgan fingerprint density at radius 1 is 1.41 bits per heavy atom. The van der Waals surface area contributed by atoms with Crippen molar-refractivity contribution in [2.75, 3.05) is 4.72 Å². The molecule has 17 heavy (non-hydrogen) atoms. The fourth-order valence-corrected chi connectivity index (χ4v) is 2.45. The van der Waals surface area contributed by atoms with Crippen molar-refractivity contribution in [3.8, 4) is 0 Å². The minimum absolute atomic E-state index is 0.0694. The van der Waals surface area contributed by atoms with Gasteiger partial charge in [0, 0.05) is 19.4 Å². The summed E-state index contributed by atoms with van der Waals surface area (Å²) in [7, 11) is -2.04. The van der Waals surface area contributed by atoms with E-state index < -0.39 is 10.0 Å². The summed E-state index contributed by atoms with van der Waals surface area (Å²) in [4.78, 5) is 3.87. The van der Waals surface area contributed by atoms with Crippen LogP contribution in [0.15, 0.2) is 35.7 Å². The molecule has 0 aliphatic heterocycles. The third-order valence-electron chi connectivity index (χ3n) is 2.00. The molecule has 0 amide bonds. The van der Waals surface area contributed by atoms with E-state index in [0.717, 1.165) is 0 Å². The number of nitrogens with zero attached hydrogens (tertiary/aromatic N) is 3. The Morgan fingerprint density at radius 3 is 2.76 bits per heavy atom. The molecule has 0 atom stereocenters. The number of nitrogens with one attached hydrogen (secondary N) is 1. The number of rotatable bonds is 3. The van der Waals surface area contributed by atoms with Gasteiger partial charge in [0.05, 0.1) is 23.1 Å². The lowest BCUT2D eigenvalue weighted by Crippen LogP contribution is -2.12. The van der Waals surface area contributed by atoms with Crippen molar-refractivity contribution in [3.63, 3.8) is 0 Å². The number of aromatic nitrogens is 3. The van der Waals surface area contributed by atoms with Gasteiger partial charge in [-0.3, -0.25) is 14.4 Å². The van der Waals surface area contributed by atoms with Gasteiger partial charge in [-0.15, -0.1) is 0 Å². The number of aryl methyl sites for hydroxylation is 1. The summed E-state index contributed by atoms with van der Waals surface area (Å²) in [5, 5.41) is 4.08. The topological polar surface area (TPSA) is 76.9 Å². The summed E-state index contributed by atoms with van der Waals surface area (Å²) < 4.78 is 27.6. The highest BCUT2D eigenvalue weighted by atomic mass is 35.5. The van der Waals surface area contributed by atoms with Crippen molar-refractivity contribution in [2.24, 2.45) is 7.05 Å². The Bertz CT molecular complexity index is 638. The predicted octanol–water partition coefficient (Wildman–Crippen LogP) is 1.27. The molecule has 0 fully saturated rings. The summed E-state index contributed by atoms with van der Waals surface area (Å²) >= 11 is 5.84. The van der Waals surface area contributed by atoms with Gasteiger partial charge in [-0.25, -0.2) is 8.42 Å².